The summed E-state index contributed by atoms with van der Waals surface area (Å²) in [4.78, 5) is 4.24. The molecule has 7 heteroatoms. The molecule has 0 spiro atoms. The number of rotatable bonds is 5. The van der Waals surface area contributed by atoms with Crippen LogP contribution in [0, 0.1) is 11.6 Å². The van der Waals surface area contributed by atoms with Gasteiger partial charge in [-0.25, -0.2) is 8.78 Å². The van der Waals surface area contributed by atoms with Crippen molar-refractivity contribution in [2.75, 3.05) is 0 Å². The quantitative estimate of drug-likeness (QED) is 0.636. The second-order valence-corrected chi connectivity index (χ2v) is 6.19. The third-order valence-electron chi connectivity index (χ3n) is 3.30. The summed E-state index contributed by atoms with van der Waals surface area (Å²) in [6, 6.07) is 8.43. The predicted molar refractivity (Wildman–Crippen MR) is 89.7 cm³/mol. The van der Waals surface area contributed by atoms with Gasteiger partial charge in [0.2, 0.25) is 11.7 Å². The number of hydrogen-bond donors (Lipinski definition) is 0. The van der Waals surface area contributed by atoms with Crippen LogP contribution in [0.5, 0.6) is 5.75 Å². The fourth-order valence-electron chi connectivity index (χ4n) is 2.32. The summed E-state index contributed by atoms with van der Waals surface area (Å²) in [5, 5.41) is 4.32. The van der Waals surface area contributed by atoms with E-state index in [0.29, 0.717) is 27.7 Å². The first-order valence-corrected chi connectivity index (χ1v) is 8.02. The van der Waals surface area contributed by atoms with Crippen LogP contribution in [0.2, 0.25) is 5.02 Å². The van der Waals surface area contributed by atoms with Gasteiger partial charge in [0.25, 0.3) is 0 Å². The van der Waals surface area contributed by atoms with Crippen LogP contribution in [-0.2, 0) is 6.42 Å². The Labute approximate surface area is 148 Å². The summed E-state index contributed by atoms with van der Waals surface area (Å²) >= 11 is 6.20. The van der Waals surface area contributed by atoms with Gasteiger partial charge in [-0.3, -0.25) is 0 Å². The lowest BCUT2D eigenvalue weighted by atomic mass is 10.1. The summed E-state index contributed by atoms with van der Waals surface area (Å²) in [7, 11) is 0. The normalized spacial score (nSPS) is 11.1. The van der Waals surface area contributed by atoms with Crippen molar-refractivity contribution in [3.63, 3.8) is 0 Å². The van der Waals surface area contributed by atoms with E-state index in [9.17, 15) is 8.78 Å². The van der Waals surface area contributed by atoms with E-state index in [-0.39, 0.29) is 18.4 Å². The van der Waals surface area contributed by atoms with Crippen LogP contribution < -0.4 is 4.74 Å². The maximum absolute atomic E-state index is 13.2. The van der Waals surface area contributed by atoms with E-state index in [4.69, 9.17) is 20.9 Å². The summed E-state index contributed by atoms with van der Waals surface area (Å²) in [5.74, 6) is -0.146. The average molecular weight is 365 g/mol. The Hall–Kier alpha value is -2.47. The fraction of sp³-hybridized carbons (Fsp3) is 0.222. The maximum Gasteiger partial charge on any atom is 0.231 e. The molecule has 2 aromatic carbocycles. The van der Waals surface area contributed by atoms with Gasteiger partial charge < -0.3 is 9.26 Å². The van der Waals surface area contributed by atoms with E-state index in [2.05, 4.69) is 10.1 Å². The zero-order valence-corrected chi connectivity index (χ0v) is 14.3. The molecular formula is C18H15ClF2N2O2. The lowest BCUT2D eigenvalue weighted by molar-refractivity contribution is 0.242. The van der Waals surface area contributed by atoms with E-state index in [1.54, 1.807) is 18.2 Å². The van der Waals surface area contributed by atoms with Crippen molar-refractivity contribution in [3.05, 3.63) is 64.5 Å². The highest BCUT2D eigenvalue weighted by molar-refractivity contribution is 6.32. The first-order chi connectivity index (χ1) is 11.9. The number of hydrogen-bond acceptors (Lipinski definition) is 4. The Balaban J connectivity index is 1.80. The maximum atomic E-state index is 13.2. The van der Waals surface area contributed by atoms with Crippen LogP contribution in [0.15, 0.2) is 40.9 Å². The number of ether oxygens (including phenoxy) is 1. The molecule has 3 rings (SSSR count). The highest BCUT2D eigenvalue weighted by atomic mass is 35.5. The van der Waals surface area contributed by atoms with Gasteiger partial charge in [-0.1, -0.05) is 16.8 Å². The third kappa shape index (κ3) is 4.33. The van der Waals surface area contributed by atoms with Gasteiger partial charge in [-0.05, 0) is 49.7 Å². The van der Waals surface area contributed by atoms with Gasteiger partial charge in [0.1, 0.15) is 17.4 Å². The van der Waals surface area contributed by atoms with Crippen LogP contribution in [0.3, 0.4) is 0 Å². The van der Waals surface area contributed by atoms with Crippen molar-refractivity contribution >= 4 is 11.6 Å². The summed E-state index contributed by atoms with van der Waals surface area (Å²) < 4.78 is 37.2. The molecule has 25 heavy (non-hydrogen) atoms. The first kappa shape index (κ1) is 17.4. The number of nitrogens with zero attached hydrogens (tertiary/aromatic N) is 2. The van der Waals surface area contributed by atoms with E-state index in [1.807, 2.05) is 13.8 Å². The number of aromatic nitrogens is 2. The van der Waals surface area contributed by atoms with Gasteiger partial charge in [0.05, 0.1) is 17.5 Å². The zero-order valence-electron chi connectivity index (χ0n) is 13.6. The van der Waals surface area contributed by atoms with E-state index in [0.717, 1.165) is 6.07 Å². The largest absolute Gasteiger partial charge is 0.489 e. The molecule has 0 bridgehead atoms. The minimum Gasteiger partial charge on any atom is -0.489 e. The molecule has 0 aliphatic rings. The summed E-state index contributed by atoms with van der Waals surface area (Å²) in [6.45, 7) is 3.82. The van der Waals surface area contributed by atoms with E-state index in [1.165, 1.54) is 12.1 Å². The molecular weight excluding hydrogens is 350 g/mol. The van der Waals surface area contributed by atoms with Crippen molar-refractivity contribution in [1.82, 2.24) is 10.1 Å². The minimum absolute atomic E-state index is 0.00629. The zero-order chi connectivity index (χ0) is 18.0. The average Bonchev–Trinajstić information content (AvgIpc) is 2.96. The van der Waals surface area contributed by atoms with Crippen LogP contribution in [0.4, 0.5) is 8.78 Å². The molecule has 0 aliphatic heterocycles. The van der Waals surface area contributed by atoms with Gasteiger partial charge in [0.15, 0.2) is 0 Å². The molecule has 1 aromatic heterocycles. The van der Waals surface area contributed by atoms with Crippen LogP contribution in [-0.4, -0.2) is 16.2 Å². The molecule has 0 unspecified atom stereocenters. The van der Waals surface area contributed by atoms with Crippen LogP contribution in [0.25, 0.3) is 11.4 Å². The molecule has 3 aromatic rings. The summed E-state index contributed by atoms with van der Waals surface area (Å²) in [6.07, 6.45) is 0.135. The monoisotopic (exact) mass is 364 g/mol. The van der Waals surface area contributed by atoms with Crippen molar-refractivity contribution < 1.29 is 18.0 Å². The second-order valence-electron chi connectivity index (χ2n) is 5.78. The Kier molecular flexibility index (Phi) is 4.99. The third-order valence-corrected chi connectivity index (χ3v) is 3.59. The lowest BCUT2D eigenvalue weighted by Gasteiger charge is -2.11. The Morgan fingerprint density at radius 1 is 1.12 bits per heavy atom. The standard InChI is InChI=1S/C18H15ClF2N2O2/c1-10(2)24-16-4-3-12(8-15(16)19)18-22-17(25-23-18)7-11-5-13(20)9-14(21)6-11/h3-6,8-10H,7H2,1-2H3. The number of benzene rings is 2. The molecule has 130 valence electrons. The molecule has 0 amide bonds. The summed E-state index contributed by atoms with van der Waals surface area (Å²) in [5.41, 5.74) is 1.06. The molecule has 0 atom stereocenters. The van der Waals surface area contributed by atoms with Crippen LogP contribution >= 0.6 is 11.6 Å². The van der Waals surface area contributed by atoms with Crippen molar-refractivity contribution in [2.45, 2.75) is 26.4 Å². The van der Waals surface area contributed by atoms with Crippen molar-refractivity contribution in [3.8, 4) is 17.1 Å². The Morgan fingerprint density at radius 2 is 1.84 bits per heavy atom. The van der Waals surface area contributed by atoms with E-state index < -0.39 is 11.6 Å². The topological polar surface area (TPSA) is 48.2 Å². The lowest BCUT2D eigenvalue weighted by Crippen LogP contribution is -2.05. The van der Waals surface area contributed by atoms with Crippen molar-refractivity contribution in [2.24, 2.45) is 0 Å². The molecule has 0 N–H and O–H groups in total. The smallest absolute Gasteiger partial charge is 0.231 e. The SMILES string of the molecule is CC(C)Oc1ccc(-c2noc(Cc3cc(F)cc(F)c3)n2)cc1Cl. The van der Waals surface area contributed by atoms with Gasteiger partial charge >= 0.3 is 0 Å². The van der Waals surface area contributed by atoms with Crippen molar-refractivity contribution in [1.29, 1.82) is 0 Å². The Bertz CT molecular complexity index is 876. The highest BCUT2D eigenvalue weighted by Crippen LogP contribution is 2.30. The molecule has 4 nitrogen and oxygen atoms in total. The molecule has 0 radical (unpaired) electrons. The number of halogens is 3. The minimum atomic E-state index is -0.651. The molecule has 0 aliphatic carbocycles. The van der Waals surface area contributed by atoms with Crippen LogP contribution in [0.1, 0.15) is 25.3 Å². The molecule has 0 fully saturated rings. The van der Waals surface area contributed by atoms with E-state index >= 15 is 0 Å². The Morgan fingerprint density at radius 3 is 2.48 bits per heavy atom. The second kappa shape index (κ2) is 7.19. The highest BCUT2D eigenvalue weighted by Gasteiger charge is 2.13. The molecule has 0 saturated carbocycles. The molecule has 0 saturated heterocycles. The fourth-order valence-corrected chi connectivity index (χ4v) is 2.55. The predicted octanol–water partition coefficient (Wildman–Crippen LogP) is 5.05. The first-order valence-electron chi connectivity index (χ1n) is 7.65. The van der Waals surface area contributed by atoms with Gasteiger partial charge in [-0.15, -0.1) is 0 Å². The van der Waals surface area contributed by atoms with Gasteiger partial charge in [0, 0.05) is 11.6 Å². The molecule has 1 heterocycles. The van der Waals surface area contributed by atoms with Gasteiger partial charge in [-0.2, -0.15) is 4.98 Å².